The number of fused-ring (bicyclic) bond motifs is 1. The average Bonchev–Trinajstić information content (AvgIpc) is 2.77. The largest absolute Gasteiger partial charge is 0.354 e. The fourth-order valence-corrected chi connectivity index (χ4v) is 2.97. The maximum absolute atomic E-state index is 4.24. The Hall–Kier alpha value is -1.06. The van der Waals surface area contributed by atoms with Crippen molar-refractivity contribution in [1.29, 1.82) is 0 Å². The fraction of sp³-hybridized carbons (Fsp3) is 0.818. The van der Waals surface area contributed by atoms with Gasteiger partial charge < -0.3 is 5.32 Å². The number of aromatic nitrogens is 3. The molecule has 4 heteroatoms. The molecule has 0 amide bonds. The maximum atomic E-state index is 4.24. The maximum Gasteiger partial charge on any atom is 0.221 e. The molecule has 1 saturated carbocycles. The highest BCUT2D eigenvalue weighted by molar-refractivity contribution is 5.25. The summed E-state index contributed by atoms with van der Waals surface area (Å²) in [4.78, 5) is 4.18. The summed E-state index contributed by atoms with van der Waals surface area (Å²) in [7, 11) is 0. The molecular weight excluding hydrogens is 188 g/mol. The monoisotopic (exact) mass is 206 g/mol. The number of rotatable bonds is 1. The van der Waals surface area contributed by atoms with Crippen LogP contribution in [0, 0.1) is 11.8 Å². The number of nitrogens with one attached hydrogen (secondary N) is 1. The molecule has 2 aliphatic rings. The second kappa shape index (κ2) is 3.83. The van der Waals surface area contributed by atoms with Crippen LogP contribution in [0.15, 0.2) is 6.33 Å². The summed E-state index contributed by atoms with van der Waals surface area (Å²) in [5, 5.41) is 7.62. The molecule has 0 spiro atoms. The standard InChI is InChI=1S/C11H18N4/c1-2-4-9(5-3-1)10-6-12-11-13-8-14-15(11)7-10/h8-10H,1-7H2,(H,12,13,14). The highest BCUT2D eigenvalue weighted by Crippen LogP contribution is 2.32. The Morgan fingerprint density at radius 2 is 2.07 bits per heavy atom. The minimum Gasteiger partial charge on any atom is -0.354 e. The zero-order chi connectivity index (χ0) is 10.1. The van der Waals surface area contributed by atoms with Gasteiger partial charge in [0.05, 0.1) is 0 Å². The van der Waals surface area contributed by atoms with Gasteiger partial charge in [-0.3, -0.25) is 0 Å². The van der Waals surface area contributed by atoms with Gasteiger partial charge in [0.1, 0.15) is 6.33 Å². The van der Waals surface area contributed by atoms with Gasteiger partial charge in [-0.2, -0.15) is 10.1 Å². The molecule has 1 aromatic rings. The topological polar surface area (TPSA) is 42.7 Å². The molecule has 2 heterocycles. The van der Waals surface area contributed by atoms with Crippen molar-refractivity contribution in [3.05, 3.63) is 6.33 Å². The minimum absolute atomic E-state index is 0.763. The average molecular weight is 206 g/mol. The molecular formula is C11H18N4. The first-order chi connectivity index (χ1) is 7.43. The van der Waals surface area contributed by atoms with Crippen LogP contribution >= 0.6 is 0 Å². The summed E-state index contributed by atoms with van der Waals surface area (Å²) in [5.74, 6) is 2.62. The molecule has 0 aromatic carbocycles. The zero-order valence-electron chi connectivity index (χ0n) is 9.02. The molecule has 1 atom stereocenters. The number of hydrogen-bond donors (Lipinski definition) is 1. The first-order valence-electron chi connectivity index (χ1n) is 6.05. The Labute approximate surface area is 90.1 Å². The van der Waals surface area contributed by atoms with Crippen molar-refractivity contribution in [1.82, 2.24) is 14.8 Å². The van der Waals surface area contributed by atoms with Crippen molar-refractivity contribution < 1.29 is 0 Å². The fourth-order valence-electron chi connectivity index (χ4n) is 2.97. The van der Waals surface area contributed by atoms with Crippen molar-refractivity contribution in [3.8, 4) is 0 Å². The molecule has 1 fully saturated rings. The predicted octanol–water partition coefficient (Wildman–Crippen LogP) is 1.90. The Balaban J connectivity index is 1.69. The van der Waals surface area contributed by atoms with E-state index in [1.165, 1.54) is 32.1 Å². The lowest BCUT2D eigenvalue weighted by atomic mass is 9.79. The summed E-state index contributed by atoms with van der Waals surface area (Å²) < 4.78 is 2.02. The zero-order valence-corrected chi connectivity index (χ0v) is 9.02. The van der Waals surface area contributed by atoms with Gasteiger partial charge in [-0.25, -0.2) is 4.68 Å². The molecule has 4 nitrogen and oxygen atoms in total. The first kappa shape index (κ1) is 9.19. The molecule has 82 valence electrons. The molecule has 1 aliphatic carbocycles. The van der Waals surface area contributed by atoms with E-state index in [1.54, 1.807) is 6.33 Å². The molecule has 0 radical (unpaired) electrons. The van der Waals surface area contributed by atoms with Crippen LogP contribution in [0.2, 0.25) is 0 Å². The van der Waals surface area contributed by atoms with Gasteiger partial charge in [-0.1, -0.05) is 32.1 Å². The normalized spacial score (nSPS) is 27.1. The third-order valence-electron chi connectivity index (χ3n) is 3.86. The van der Waals surface area contributed by atoms with Crippen LogP contribution in [0.3, 0.4) is 0 Å². The summed E-state index contributed by atoms with van der Waals surface area (Å²) in [6, 6.07) is 0. The van der Waals surface area contributed by atoms with Crippen molar-refractivity contribution in [2.24, 2.45) is 11.8 Å². The number of hydrogen-bond acceptors (Lipinski definition) is 3. The molecule has 0 saturated heterocycles. The van der Waals surface area contributed by atoms with Crippen LogP contribution < -0.4 is 5.32 Å². The third-order valence-corrected chi connectivity index (χ3v) is 3.86. The Bertz CT molecular complexity index is 327. The summed E-state index contributed by atoms with van der Waals surface area (Å²) in [5.41, 5.74) is 0. The van der Waals surface area contributed by atoms with Crippen LogP contribution in [0.1, 0.15) is 32.1 Å². The van der Waals surface area contributed by atoms with Gasteiger partial charge in [0.15, 0.2) is 0 Å². The summed E-state index contributed by atoms with van der Waals surface area (Å²) in [6.45, 7) is 2.15. The van der Waals surface area contributed by atoms with Gasteiger partial charge in [0.2, 0.25) is 5.95 Å². The van der Waals surface area contributed by atoms with E-state index in [9.17, 15) is 0 Å². The Morgan fingerprint density at radius 3 is 2.93 bits per heavy atom. The van der Waals surface area contributed by atoms with Crippen molar-refractivity contribution in [3.63, 3.8) is 0 Å². The van der Waals surface area contributed by atoms with Crippen molar-refractivity contribution in [2.45, 2.75) is 38.6 Å². The quantitative estimate of drug-likeness (QED) is 0.763. The van der Waals surface area contributed by atoms with E-state index < -0.39 is 0 Å². The third kappa shape index (κ3) is 1.73. The van der Waals surface area contributed by atoms with E-state index >= 15 is 0 Å². The van der Waals surface area contributed by atoms with E-state index in [0.717, 1.165) is 30.9 Å². The second-order valence-corrected chi connectivity index (χ2v) is 4.80. The summed E-state index contributed by atoms with van der Waals surface area (Å²) >= 11 is 0. The van der Waals surface area contributed by atoms with Gasteiger partial charge in [-0.05, 0) is 11.8 Å². The highest BCUT2D eigenvalue weighted by Gasteiger charge is 2.27. The van der Waals surface area contributed by atoms with Gasteiger partial charge >= 0.3 is 0 Å². The number of anilines is 1. The van der Waals surface area contributed by atoms with Crippen LogP contribution in [0.5, 0.6) is 0 Å². The van der Waals surface area contributed by atoms with E-state index in [-0.39, 0.29) is 0 Å². The van der Waals surface area contributed by atoms with Gasteiger partial charge in [0, 0.05) is 13.1 Å². The van der Waals surface area contributed by atoms with Crippen molar-refractivity contribution in [2.75, 3.05) is 11.9 Å². The smallest absolute Gasteiger partial charge is 0.221 e. The molecule has 15 heavy (non-hydrogen) atoms. The molecule has 1 aromatic heterocycles. The van der Waals surface area contributed by atoms with E-state index in [1.807, 2.05) is 4.68 Å². The highest BCUT2D eigenvalue weighted by atomic mass is 15.4. The Kier molecular flexibility index (Phi) is 2.35. The van der Waals surface area contributed by atoms with Crippen LogP contribution in [-0.2, 0) is 6.54 Å². The van der Waals surface area contributed by atoms with Gasteiger partial charge in [-0.15, -0.1) is 0 Å². The van der Waals surface area contributed by atoms with Crippen molar-refractivity contribution >= 4 is 5.95 Å². The lowest BCUT2D eigenvalue weighted by molar-refractivity contribution is 0.221. The SMILES string of the molecule is c1nc2n(n1)CC(C1CCCCC1)CN2. The van der Waals surface area contributed by atoms with Gasteiger partial charge in [0.25, 0.3) is 0 Å². The summed E-state index contributed by atoms with van der Waals surface area (Å²) in [6.07, 6.45) is 8.75. The predicted molar refractivity (Wildman–Crippen MR) is 58.6 cm³/mol. The first-order valence-corrected chi connectivity index (χ1v) is 6.05. The van der Waals surface area contributed by atoms with Crippen LogP contribution in [-0.4, -0.2) is 21.3 Å². The molecule has 1 aliphatic heterocycles. The van der Waals surface area contributed by atoms with E-state index in [4.69, 9.17) is 0 Å². The lowest BCUT2D eigenvalue weighted by Gasteiger charge is -2.33. The van der Waals surface area contributed by atoms with E-state index in [2.05, 4.69) is 15.4 Å². The second-order valence-electron chi connectivity index (χ2n) is 4.80. The molecule has 0 bridgehead atoms. The minimum atomic E-state index is 0.763. The molecule has 3 rings (SSSR count). The molecule has 1 unspecified atom stereocenters. The van der Waals surface area contributed by atoms with Crippen LogP contribution in [0.4, 0.5) is 5.95 Å². The Morgan fingerprint density at radius 1 is 1.20 bits per heavy atom. The van der Waals surface area contributed by atoms with E-state index in [0.29, 0.717) is 0 Å². The molecule has 1 N–H and O–H groups in total. The lowest BCUT2D eigenvalue weighted by Crippen LogP contribution is -2.34. The van der Waals surface area contributed by atoms with Crippen LogP contribution in [0.25, 0.3) is 0 Å². The number of nitrogens with zero attached hydrogens (tertiary/aromatic N) is 3.